The van der Waals surface area contributed by atoms with Crippen molar-refractivity contribution >= 4 is 61.3 Å². The van der Waals surface area contributed by atoms with Crippen LogP contribution in [0, 0.1) is 0 Å². The second-order valence-corrected chi connectivity index (χ2v) is 16.5. The number of imidazole rings is 1. The van der Waals surface area contributed by atoms with E-state index in [2.05, 4.69) is 61.4 Å². The topological polar surface area (TPSA) is 318 Å². The fourth-order valence-electron chi connectivity index (χ4n) is 7.76. The van der Waals surface area contributed by atoms with Crippen molar-refractivity contribution in [1.29, 1.82) is 0 Å². The molecule has 1 aliphatic rings. The SMILES string of the molecule is CNCCCC[C@@H](NCC(=O)[C@H](Cc1cnc[nH]1)NC(=O)[C@H](CO)NP)C(=O)C(=O)[C@H](Cc1c[nH]c2ccccc12)NC(=O)[C@H](Cc1ccc(O)cc1)NN1CCC[C@H]1C(=O)NCC(N)=O. The molecule has 0 aliphatic carbocycles. The Morgan fingerprint density at radius 2 is 1.61 bits per heavy atom. The Kier molecular flexibility index (Phi) is 19.9. The summed E-state index contributed by atoms with van der Waals surface area (Å²) in [7, 11) is 3.94. The quantitative estimate of drug-likeness (QED) is 0.0165. The molecule has 1 fully saturated rings. The number of aromatic nitrogens is 3. The number of hydrogen-bond donors (Lipinski definition) is 12. The normalized spacial score (nSPS) is 16.2. The highest BCUT2D eigenvalue weighted by Crippen LogP contribution is 2.21. The van der Waals surface area contributed by atoms with Crippen LogP contribution in [0.5, 0.6) is 5.75 Å². The van der Waals surface area contributed by atoms with Gasteiger partial charge in [-0.15, -0.1) is 0 Å². The van der Waals surface area contributed by atoms with Crippen LogP contribution in [0.2, 0.25) is 0 Å². The number of nitrogens with two attached hydrogens (primary N) is 1. The Labute approximate surface area is 384 Å². The van der Waals surface area contributed by atoms with E-state index in [-0.39, 0.29) is 38.0 Å². The Balaban J connectivity index is 1.43. The summed E-state index contributed by atoms with van der Waals surface area (Å²) in [6.07, 6.45) is 6.91. The summed E-state index contributed by atoms with van der Waals surface area (Å²) in [5.41, 5.74) is 11.0. The Hall–Kier alpha value is -5.93. The summed E-state index contributed by atoms with van der Waals surface area (Å²) >= 11 is 0. The zero-order valence-corrected chi connectivity index (χ0v) is 38.0. The lowest BCUT2D eigenvalue weighted by Gasteiger charge is -2.30. The first-order valence-electron chi connectivity index (χ1n) is 21.9. The summed E-state index contributed by atoms with van der Waals surface area (Å²) in [6.45, 7) is -0.333. The second-order valence-electron chi connectivity index (χ2n) is 16.2. The minimum Gasteiger partial charge on any atom is -0.508 e. The molecule has 66 heavy (non-hydrogen) atoms. The zero-order chi connectivity index (χ0) is 47.6. The maximum absolute atomic E-state index is 14.7. The predicted molar refractivity (Wildman–Crippen MR) is 247 cm³/mol. The lowest BCUT2D eigenvalue weighted by Crippen LogP contribution is -2.60. The van der Waals surface area contributed by atoms with Gasteiger partial charge in [0.25, 0.3) is 0 Å². The Bertz CT molecular complexity index is 2250. The number of phenolic OH excluding ortho intramolecular Hbond substituents is 1. The van der Waals surface area contributed by atoms with Gasteiger partial charge in [-0.25, -0.2) is 15.4 Å². The molecule has 0 radical (unpaired) electrons. The Morgan fingerprint density at radius 3 is 2.30 bits per heavy atom. The zero-order valence-electron chi connectivity index (χ0n) is 36.8. The first-order valence-corrected chi connectivity index (χ1v) is 22.4. The second kappa shape index (κ2) is 25.7. The fourth-order valence-corrected chi connectivity index (χ4v) is 8.02. The van der Waals surface area contributed by atoms with E-state index in [0.717, 1.165) is 10.9 Å². The monoisotopic (exact) mass is 932 g/mol. The van der Waals surface area contributed by atoms with Gasteiger partial charge >= 0.3 is 0 Å². The van der Waals surface area contributed by atoms with Crippen molar-refractivity contribution in [3.8, 4) is 5.75 Å². The summed E-state index contributed by atoms with van der Waals surface area (Å²) < 4.78 is 0. The molecule has 356 valence electrons. The molecule has 21 nitrogen and oxygen atoms in total. The molecule has 13 N–H and O–H groups in total. The molecule has 2 aromatic heterocycles. The molecule has 7 atom stereocenters. The van der Waals surface area contributed by atoms with Crippen LogP contribution in [0.1, 0.15) is 48.9 Å². The average Bonchev–Trinajstić information content (AvgIpc) is 4.10. The van der Waals surface area contributed by atoms with Crippen molar-refractivity contribution in [3.05, 3.63) is 84.1 Å². The van der Waals surface area contributed by atoms with Gasteiger partial charge < -0.3 is 52.5 Å². The number of benzene rings is 2. The van der Waals surface area contributed by atoms with E-state index in [9.17, 15) is 43.8 Å². The number of amides is 4. The number of nitrogens with zero attached hydrogens (tertiary/aromatic N) is 2. The highest BCUT2D eigenvalue weighted by molar-refractivity contribution is 7.13. The third-order valence-corrected chi connectivity index (χ3v) is 11.8. The number of aliphatic hydroxyl groups is 1. The van der Waals surface area contributed by atoms with Gasteiger partial charge in [0, 0.05) is 48.4 Å². The van der Waals surface area contributed by atoms with Gasteiger partial charge in [-0.1, -0.05) is 46.1 Å². The number of carbonyl (C=O) groups excluding carboxylic acids is 7. The molecule has 4 aromatic rings. The number of aromatic hydroxyl groups is 1. The predicted octanol–water partition coefficient (Wildman–Crippen LogP) is -1.67. The van der Waals surface area contributed by atoms with E-state index in [1.807, 2.05) is 24.3 Å². The van der Waals surface area contributed by atoms with Gasteiger partial charge in [0.2, 0.25) is 35.2 Å². The molecule has 3 heterocycles. The number of carbonyl (C=O) groups is 7. The lowest BCUT2D eigenvalue weighted by atomic mass is 9.93. The summed E-state index contributed by atoms with van der Waals surface area (Å²) in [6, 6.07) is 7.04. The fraction of sp³-hybridized carbons (Fsp3) is 0.455. The van der Waals surface area contributed by atoms with Crippen molar-refractivity contribution in [2.24, 2.45) is 5.73 Å². The molecule has 22 heteroatoms. The number of fused-ring (bicyclic) bond motifs is 1. The lowest BCUT2D eigenvalue weighted by molar-refractivity contribution is -0.140. The van der Waals surface area contributed by atoms with Gasteiger partial charge in [-0.2, -0.15) is 0 Å². The number of primary amides is 1. The van der Waals surface area contributed by atoms with Crippen LogP contribution in [0.4, 0.5) is 0 Å². The van der Waals surface area contributed by atoms with E-state index in [4.69, 9.17) is 5.73 Å². The van der Waals surface area contributed by atoms with Gasteiger partial charge in [0.1, 0.15) is 23.9 Å². The third kappa shape index (κ3) is 14.8. The molecule has 5 rings (SSSR count). The van der Waals surface area contributed by atoms with Crippen LogP contribution < -0.4 is 42.8 Å². The number of aromatic amines is 2. The van der Waals surface area contributed by atoms with E-state index in [0.29, 0.717) is 55.6 Å². The van der Waals surface area contributed by atoms with E-state index in [1.54, 1.807) is 30.4 Å². The molecule has 1 saturated heterocycles. The number of hydrogen-bond acceptors (Lipinski definition) is 15. The maximum atomic E-state index is 14.7. The van der Waals surface area contributed by atoms with Crippen molar-refractivity contribution in [2.75, 3.05) is 39.8 Å². The number of rotatable bonds is 29. The van der Waals surface area contributed by atoms with Gasteiger partial charge in [0.05, 0.1) is 44.1 Å². The minimum atomic E-state index is -1.40. The molecule has 4 amide bonds. The van der Waals surface area contributed by atoms with Crippen LogP contribution in [-0.4, -0.2) is 147 Å². The smallest absolute Gasteiger partial charge is 0.240 e. The molecule has 1 aliphatic heterocycles. The molecular formula is C44H61N12O9P. The number of aliphatic hydroxyl groups excluding tert-OH is 1. The Morgan fingerprint density at radius 1 is 0.879 bits per heavy atom. The summed E-state index contributed by atoms with van der Waals surface area (Å²) in [5.74, 6) is -4.76. The van der Waals surface area contributed by atoms with Crippen molar-refractivity contribution in [3.63, 3.8) is 0 Å². The number of H-pyrrole nitrogens is 2. The van der Waals surface area contributed by atoms with E-state index >= 15 is 0 Å². The van der Waals surface area contributed by atoms with Crippen molar-refractivity contribution in [1.82, 2.24) is 57.1 Å². The maximum Gasteiger partial charge on any atom is 0.240 e. The molecular weight excluding hydrogens is 872 g/mol. The van der Waals surface area contributed by atoms with Crippen LogP contribution in [0.15, 0.2) is 67.3 Å². The van der Waals surface area contributed by atoms with Crippen molar-refractivity contribution in [2.45, 2.75) is 87.6 Å². The van der Waals surface area contributed by atoms with Gasteiger partial charge in [-0.3, -0.25) is 38.6 Å². The van der Waals surface area contributed by atoms with E-state index < -0.39 is 90.4 Å². The number of Topliss-reactive ketones (excluding diaryl/α,β-unsaturated/α-hetero) is 3. The number of para-hydroxylation sites is 1. The number of ketones is 3. The first-order chi connectivity index (χ1) is 31.8. The average molecular weight is 933 g/mol. The van der Waals surface area contributed by atoms with Crippen LogP contribution in [0.25, 0.3) is 10.9 Å². The minimum absolute atomic E-state index is 0.0126. The molecule has 1 unspecified atom stereocenters. The highest BCUT2D eigenvalue weighted by atomic mass is 31.0. The number of nitrogens with one attached hydrogen (secondary N) is 9. The van der Waals surface area contributed by atoms with Gasteiger partial charge in [-0.05, 0) is 75.0 Å². The molecule has 0 bridgehead atoms. The third-order valence-electron chi connectivity index (χ3n) is 11.4. The number of hydrazine groups is 1. The van der Waals surface area contributed by atoms with Gasteiger partial charge in [0.15, 0.2) is 5.78 Å². The first kappa shape index (κ1) is 51.1. The largest absolute Gasteiger partial charge is 0.508 e. The molecule has 0 spiro atoms. The van der Waals surface area contributed by atoms with Crippen LogP contribution >= 0.6 is 9.39 Å². The molecule has 0 saturated carbocycles. The number of unbranched alkanes of at least 4 members (excludes halogenated alkanes) is 1. The van der Waals surface area contributed by atoms with E-state index in [1.165, 1.54) is 24.7 Å². The van der Waals surface area contributed by atoms with Crippen molar-refractivity contribution < 1.29 is 43.8 Å². The summed E-state index contributed by atoms with van der Waals surface area (Å²) in [5, 5.41) is 38.8. The molecule has 2 aromatic carbocycles. The summed E-state index contributed by atoms with van der Waals surface area (Å²) in [4.78, 5) is 105. The highest BCUT2D eigenvalue weighted by Gasteiger charge is 2.38. The van der Waals surface area contributed by atoms with Crippen LogP contribution in [0.3, 0.4) is 0 Å². The standard InChI is InChI=1S/C44H61N12O9P/c1-46-15-5-4-9-32(49-22-38(59)33(19-28-21-47-25-51-28)52-43(64)36(24-57)55-66)40(61)41(62)34(18-27-20-48-31-8-3-2-7-30(27)31)53-42(63)35(17-26-11-13-29(58)14-12-26)54-56-16-6-10-37(56)44(65)50-23-39(45)60/h2-3,7-8,11-14,20-21,25,32-37,46,48-49,54-55,57-58H,4-6,9-10,15-19,22-24,66H2,1H3,(H2,45,60)(H,47,51)(H,50,65)(H,52,64)(H,53,63)/t32-,33+,34+,35+,36+,37+/m1/s1. The van der Waals surface area contributed by atoms with Crippen LogP contribution in [-0.2, 0) is 52.8 Å². The number of phenols is 1.